The van der Waals surface area contributed by atoms with Crippen LogP contribution in [0.1, 0.15) is 20.8 Å². The highest BCUT2D eigenvalue weighted by Gasteiger charge is 2.22. The van der Waals surface area contributed by atoms with E-state index in [-0.39, 0.29) is 11.5 Å². The van der Waals surface area contributed by atoms with Gasteiger partial charge in [-0.2, -0.15) is 0 Å². The van der Waals surface area contributed by atoms with Crippen molar-refractivity contribution in [3.63, 3.8) is 0 Å². The van der Waals surface area contributed by atoms with E-state index in [1.807, 2.05) is 0 Å². The van der Waals surface area contributed by atoms with Gasteiger partial charge in [-0.3, -0.25) is 4.99 Å². The van der Waals surface area contributed by atoms with Gasteiger partial charge in [-0.15, -0.1) is 0 Å². The first-order chi connectivity index (χ1) is 5.00. The van der Waals surface area contributed by atoms with E-state index in [1.165, 1.54) is 0 Å². The molecule has 1 rings (SSSR count). The Balaban J connectivity index is 2.62. The Morgan fingerprint density at radius 3 is 2.55 bits per heavy atom. The lowest BCUT2D eigenvalue weighted by Crippen LogP contribution is -2.44. The number of hydrogen-bond donors (Lipinski definition) is 2. The van der Waals surface area contributed by atoms with Crippen LogP contribution in [-0.4, -0.2) is 30.1 Å². The molecule has 1 atom stereocenters. The Labute approximate surface area is 67.5 Å². The molecule has 0 aromatic carbocycles. The van der Waals surface area contributed by atoms with Crippen molar-refractivity contribution in [3.8, 4) is 0 Å². The molecule has 2 N–H and O–H groups in total. The molecule has 11 heavy (non-hydrogen) atoms. The zero-order chi connectivity index (χ0) is 8.48. The summed E-state index contributed by atoms with van der Waals surface area (Å²) in [4.78, 5) is 4.24. The average Bonchev–Trinajstić information content (AvgIpc) is 1.86. The molecule has 0 radical (unpaired) electrons. The normalized spacial score (nSPS) is 25.8. The van der Waals surface area contributed by atoms with Crippen molar-refractivity contribution < 1.29 is 5.11 Å². The molecule has 1 unspecified atom stereocenters. The van der Waals surface area contributed by atoms with Crippen molar-refractivity contribution in [2.75, 3.05) is 13.1 Å². The lowest BCUT2D eigenvalue weighted by atomic mass is 9.94. The van der Waals surface area contributed by atoms with E-state index in [4.69, 9.17) is 5.11 Å². The summed E-state index contributed by atoms with van der Waals surface area (Å²) in [6.45, 7) is 7.50. The SMILES string of the molecule is CC(C)(C)C1=NCC(O)CN1. The van der Waals surface area contributed by atoms with Crippen LogP contribution < -0.4 is 5.32 Å². The maximum atomic E-state index is 9.12. The van der Waals surface area contributed by atoms with Gasteiger partial charge in [-0.05, 0) is 0 Å². The standard InChI is InChI=1S/C8H16N2O/c1-8(2,3)7-9-4-6(11)5-10-7/h6,11H,4-5H2,1-3H3,(H,9,10). The number of hydrogen-bond acceptors (Lipinski definition) is 3. The smallest absolute Gasteiger partial charge is 0.102 e. The number of aliphatic hydroxyl groups is 1. The van der Waals surface area contributed by atoms with E-state index >= 15 is 0 Å². The van der Waals surface area contributed by atoms with Crippen LogP contribution in [-0.2, 0) is 0 Å². The van der Waals surface area contributed by atoms with Crippen molar-refractivity contribution >= 4 is 5.84 Å². The quantitative estimate of drug-likeness (QED) is 0.533. The summed E-state index contributed by atoms with van der Waals surface area (Å²) < 4.78 is 0. The van der Waals surface area contributed by atoms with Crippen molar-refractivity contribution in [2.45, 2.75) is 26.9 Å². The van der Waals surface area contributed by atoms with Gasteiger partial charge in [-0.25, -0.2) is 0 Å². The first kappa shape index (κ1) is 8.53. The molecule has 1 aliphatic rings. The van der Waals surface area contributed by atoms with E-state index in [0.29, 0.717) is 13.1 Å². The monoisotopic (exact) mass is 156 g/mol. The van der Waals surface area contributed by atoms with Crippen LogP contribution in [0.2, 0.25) is 0 Å². The van der Waals surface area contributed by atoms with Gasteiger partial charge in [0.1, 0.15) is 5.84 Å². The average molecular weight is 156 g/mol. The van der Waals surface area contributed by atoms with E-state index in [2.05, 4.69) is 31.1 Å². The lowest BCUT2D eigenvalue weighted by Gasteiger charge is -2.27. The second kappa shape index (κ2) is 2.81. The summed E-state index contributed by atoms with van der Waals surface area (Å²) in [5.41, 5.74) is 0.0835. The van der Waals surface area contributed by atoms with Crippen LogP contribution in [0, 0.1) is 5.41 Å². The number of nitrogens with one attached hydrogen (secondary N) is 1. The summed E-state index contributed by atoms with van der Waals surface area (Å²) in [5, 5.41) is 12.2. The fourth-order valence-electron chi connectivity index (χ4n) is 1.03. The molecule has 0 saturated carbocycles. The first-order valence-corrected chi connectivity index (χ1v) is 3.97. The van der Waals surface area contributed by atoms with Gasteiger partial charge in [0.15, 0.2) is 0 Å². The number of aliphatic hydroxyl groups excluding tert-OH is 1. The number of β-amino-alcohol motifs (C(OH)–C–C–N with tert-alkyl or cyclic N) is 1. The largest absolute Gasteiger partial charge is 0.389 e. The molecule has 3 heteroatoms. The van der Waals surface area contributed by atoms with Gasteiger partial charge in [-0.1, -0.05) is 20.8 Å². The number of aliphatic imine (C=N–C) groups is 1. The van der Waals surface area contributed by atoms with Gasteiger partial charge < -0.3 is 10.4 Å². The molecule has 0 fully saturated rings. The van der Waals surface area contributed by atoms with Crippen LogP contribution in [0.5, 0.6) is 0 Å². The van der Waals surface area contributed by atoms with Gasteiger partial charge >= 0.3 is 0 Å². The third-order valence-corrected chi connectivity index (χ3v) is 1.68. The summed E-state index contributed by atoms with van der Waals surface area (Å²) in [5.74, 6) is 1.00. The number of amidine groups is 1. The van der Waals surface area contributed by atoms with E-state index in [9.17, 15) is 0 Å². The van der Waals surface area contributed by atoms with Crippen molar-refractivity contribution in [3.05, 3.63) is 0 Å². The summed E-state index contributed by atoms with van der Waals surface area (Å²) in [6, 6.07) is 0. The minimum atomic E-state index is -0.305. The second-order valence-electron chi connectivity index (χ2n) is 3.97. The molecule has 0 aromatic heterocycles. The maximum absolute atomic E-state index is 9.12. The Morgan fingerprint density at radius 1 is 1.55 bits per heavy atom. The zero-order valence-corrected chi connectivity index (χ0v) is 7.39. The van der Waals surface area contributed by atoms with Gasteiger partial charge in [0, 0.05) is 12.0 Å². The van der Waals surface area contributed by atoms with E-state index in [1.54, 1.807) is 0 Å². The molecule has 3 nitrogen and oxygen atoms in total. The molecule has 0 aliphatic carbocycles. The third kappa shape index (κ3) is 2.19. The molecule has 0 saturated heterocycles. The van der Waals surface area contributed by atoms with E-state index in [0.717, 1.165) is 5.84 Å². The molecular weight excluding hydrogens is 140 g/mol. The molecule has 0 spiro atoms. The zero-order valence-electron chi connectivity index (χ0n) is 7.39. The minimum Gasteiger partial charge on any atom is -0.389 e. The minimum absolute atomic E-state index is 0.0835. The Morgan fingerprint density at radius 2 is 2.18 bits per heavy atom. The van der Waals surface area contributed by atoms with Crippen LogP contribution in [0.3, 0.4) is 0 Å². The molecular formula is C8H16N2O. The van der Waals surface area contributed by atoms with Crippen LogP contribution in [0.15, 0.2) is 4.99 Å². The molecule has 0 bridgehead atoms. The van der Waals surface area contributed by atoms with Gasteiger partial charge in [0.2, 0.25) is 0 Å². The fraction of sp³-hybridized carbons (Fsp3) is 0.875. The first-order valence-electron chi connectivity index (χ1n) is 3.97. The number of nitrogens with zero attached hydrogens (tertiary/aromatic N) is 1. The van der Waals surface area contributed by atoms with Crippen LogP contribution in [0.4, 0.5) is 0 Å². The Bertz CT molecular complexity index is 169. The van der Waals surface area contributed by atoms with Crippen LogP contribution >= 0.6 is 0 Å². The third-order valence-electron chi connectivity index (χ3n) is 1.68. The molecule has 1 heterocycles. The van der Waals surface area contributed by atoms with Crippen molar-refractivity contribution in [2.24, 2.45) is 10.4 Å². The molecule has 64 valence electrons. The van der Waals surface area contributed by atoms with Crippen molar-refractivity contribution in [1.29, 1.82) is 0 Å². The predicted molar refractivity (Wildman–Crippen MR) is 45.8 cm³/mol. The topological polar surface area (TPSA) is 44.6 Å². The summed E-state index contributed by atoms with van der Waals surface area (Å²) in [6.07, 6.45) is -0.305. The highest BCUT2D eigenvalue weighted by Crippen LogP contribution is 2.15. The highest BCUT2D eigenvalue weighted by molar-refractivity contribution is 5.87. The maximum Gasteiger partial charge on any atom is 0.102 e. The molecule has 0 amide bonds. The summed E-state index contributed by atoms with van der Waals surface area (Å²) >= 11 is 0. The predicted octanol–water partition coefficient (Wildman–Crippen LogP) is 0.395. The highest BCUT2D eigenvalue weighted by atomic mass is 16.3. The Kier molecular flexibility index (Phi) is 2.18. The van der Waals surface area contributed by atoms with Crippen molar-refractivity contribution in [1.82, 2.24) is 5.32 Å². The summed E-state index contributed by atoms with van der Waals surface area (Å²) in [7, 11) is 0. The molecule has 1 aliphatic heterocycles. The Hall–Kier alpha value is -0.570. The van der Waals surface area contributed by atoms with Gasteiger partial charge in [0.25, 0.3) is 0 Å². The lowest BCUT2D eigenvalue weighted by molar-refractivity contribution is 0.179. The molecule has 0 aromatic rings. The van der Waals surface area contributed by atoms with Crippen LogP contribution in [0.25, 0.3) is 0 Å². The van der Waals surface area contributed by atoms with E-state index < -0.39 is 0 Å². The number of rotatable bonds is 0. The second-order valence-corrected chi connectivity index (χ2v) is 3.97. The fourth-order valence-corrected chi connectivity index (χ4v) is 1.03. The van der Waals surface area contributed by atoms with Gasteiger partial charge in [0.05, 0.1) is 12.6 Å².